The molecule has 1 heterocycles. The second kappa shape index (κ2) is 5.69. The van der Waals surface area contributed by atoms with Crippen molar-refractivity contribution in [3.8, 4) is 0 Å². The van der Waals surface area contributed by atoms with Gasteiger partial charge in [-0.3, -0.25) is 5.43 Å². The molecule has 22 heavy (non-hydrogen) atoms. The van der Waals surface area contributed by atoms with E-state index in [4.69, 9.17) is 0 Å². The number of hydrogen-bond donors (Lipinski definition) is 1. The number of fused-ring (bicyclic) bond motifs is 1. The van der Waals surface area contributed by atoms with E-state index in [0.717, 1.165) is 15.1 Å². The first-order valence-electron chi connectivity index (χ1n) is 6.77. The molecule has 6 nitrogen and oxygen atoms in total. The minimum Gasteiger partial charge on any atom is -0.618 e. The number of nitrogens with one attached hydrogen (secondary N) is 1. The Balaban J connectivity index is 2.00. The van der Waals surface area contributed by atoms with Gasteiger partial charge in [-0.05, 0) is 12.1 Å². The van der Waals surface area contributed by atoms with Crippen LogP contribution in [0.5, 0.6) is 0 Å². The molecule has 2 aromatic carbocycles. The van der Waals surface area contributed by atoms with E-state index < -0.39 is 0 Å². The Morgan fingerprint density at radius 1 is 0.909 bits per heavy atom. The fraction of sp³-hybridized carbons (Fsp3) is 0.0625. The third-order valence-corrected chi connectivity index (χ3v) is 3.37. The van der Waals surface area contributed by atoms with Crippen molar-refractivity contribution in [1.82, 2.24) is 0 Å². The van der Waals surface area contributed by atoms with E-state index in [1.54, 1.807) is 31.2 Å². The van der Waals surface area contributed by atoms with E-state index in [1.165, 1.54) is 6.21 Å². The van der Waals surface area contributed by atoms with Crippen molar-refractivity contribution in [2.24, 2.45) is 5.10 Å². The summed E-state index contributed by atoms with van der Waals surface area (Å²) in [5, 5.41) is 28.6. The predicted octanol–water partition coefficient (Wildman–Crippen LogP) is 1.86. The maximum absolute atomic E-state index is 12.4. The lowest BCUT2D eigenvalue weighted by atomic mass is 10.2. The molecule has 0 radical (unpaired) electrons. The summed E-state index contributed by atoms with van der Waals surface area (Å²) < 4.78 is 1.46. The lowest BCUT2D eigenvalue weighted by Crippen LogP contribution is -2.44. The number of para-hydroxylation sites is 3. The molecule has 0 aliphatic rings. The SMILES string of the molecule is Cc1c(/C=N/Nc2ccccc2)[n+]([O-])c2ccccc2[n+]1[O-]. The van der Waals surface area contributed by atoms with E-state index in [2.05, 4.69) is 10.5 Å². The molecule has 0 saturated carbocycles. The molecular weight excluding hydrogens is 280 g/mol. The summed E-state index contributed by atoms with van der Waals surface area (Å²) >= 11 is 0. The molecule has 0 fully saturated rings. The molecule has 0 aliphatic heterocycles. The molecule has 0 spiro atoms. The number of rotatable bonds is 3. The molecular formula is C16H14N4O2. The van der Waals surface area contributed by atoms with Crippen LogP contribution in [0, 0.1) is 17.3 Å². The molecule has 0 atom stereocenters. The van der Waals surface area contributed by atoms with Gasteiger partial charge in [0.2, 0.25) is 0 Å². The van der Waals surface area contributed by atoms with Gasteiger partial charge in [0.25, 0.3) is 16.7 Å². The van der Waals surface area contributed by atoms with Gasteiger partial charge in [0.05, 0.1) is 5.69 Å². The lowest BCUT2D eigenvalue weighted by molar-refractivity contribution is -0.634. The average Bonchev–Trinajstić information content (AvgIpc) is 2.57. The van der Waals surface area contributed by atoms with Crippen LogP contribution in [-0.2, 0) is 0 Å². The van der Waals surface area contributed by atoms with Crippen molar-refractivity contribution in [1.29, 1.82) is 0 Å². The van der Waals surface area contributed by atoms with Gasteiger partial charge in [-0.15, -0.1) is 0 Å². The fourth-order valence-electron chi connectivity index (χ4n) is 2.20. The summed E-state index contributed by atoms with van der Waals surface area (Å²) in [5.74, 6) is 0. The molecule has 3 rings (SSSR count). The maximum atomic E-state index is 12.4. The summed E-state index contributed by atoms with van der Waals surface area (Å²) in [6.07, 6.45) is 1.36. The maximum Gasteiger partial charge on any atom is 0.305 e. The van der Waals surface area contributed by atoms with E-state index in [-0.39, 0.29) is 5.69 Å². The molecule has 6 heteroatoms. The molecule has 0 aliphatic carbocycles. The van der Waals surface area contributed by atoms with Crippen LogP contribution in [0.15, 0.2) is 59.7 Å². The zero-order valence-electron chi connectivity index (χ0n) is 11.9. The second-order valence-electron chi connectivity index (χ2n) is 4.78. The molecule has 3 aromatic rings. The lowest BCUT2D eigenvalue weighted by Gasteiger charge is -2.08. The molecule has 1 N–H and O–H groups in total. The van der Waals surface area contributed by atoms with E-state index in [1.807, 2.05) is 30.3 Å². The number of hydrazone groups is 1. The normalized spacial score (nSPS) is 11.1. The quantitative estimate of drug-likeness (QED) is 0.346. The molecule has 0 amide bonds. The highest BCUT2D eigenvalue weighted by Crippen LogP contribution is 2.08. The summed E-state index contributed by atoms with van der Waals surface area (Å²) in [6.45, 7) is 1.59. The van der Waals surface area contributed by atoms with Gasteiger partial charge in [0, 0.05) is 19.1 Å². The van der Waals surface area contributed by atoms with Crippen LogP contribution in [0.3, 0.4) is 0 Å². The van der Waals surface area contributed by atoms with Gasteiger partial charge in [0.15, 0.2) is 0 Å². The minimum absolute atomic E-state index is 0.206. The Morgan fingerprint density at radius 2 is 1.50 bits per heavy atom. The van der Waals surface area contributed by atoms with Crippen molar-refractivity contribution in [2.75, 3.05) is 5.43 Å². The third kappa shape index (κ3) is 2.42. The zero-order valence-corrected chi connectivity index (χ0v) is 11.9. The van der Waals surface area contributed by atoms with Gasteiger partial charge < -0.3 is 10.4 Å². The summed E-state index contributed by atoms with van der Waals surface area (Å²) in [6, 6.07) is 16.0. The highest BCUT2D eigenvalue weighted by atomic mass is 16.5. The minimum atomic E-state index is 0.206. The van der Waals surface area contributed by atoms with Crippen LogP contribution < -0.4 is 14.9 Å². The van der Waals surface area contributed by atoms with Crippen molar-refractivity contribution in [3.63, 3.8) is 0 Å². The summed E-state index contributed by atoms with van der Waals surface area (Å²) in [4.78, 5) is 0. The highest BCUT2D eigenvalue weighted by Gasteiger charge is 2.22. The number of anilines is 1. The van der Waals surface area contributed by atoms with Gasteiger partial charge >= 0.3 is 5.69 Å². The summed E-state index contributed by atoms with van der Waals surface area (Å²) in [5.41, 5.74) is 4.77. The Hall–Kier alpha value is -3.15. The van der Waals surface area contributed by atoms with Crippen molar-refractivity contribution in [3.05, 3.63) is 76.4 Å². The fourth-order valence-corrected chi connectivity index (χ4v) is 2.20. The van der Waals surface area contributed by atoms with E-state index in [0.29, 0.717) is 16.7 Å². The smallest absolute Gasteiger partial charge is 0.305 e. The molecule has 0 bridgehead atoms. The molecule has 0 unspecified atom stereocenters. The Labute approximate surface area is 127 Å². The summed E-state index contributed by atoms with van der Waals surface area (Å²) in [7, 11) is 0. The Kier molecular flexibility index (Phi) is 3.57. The monoisotopic (exact) mass is 294 g/mol. The van der Waals surface area contributed by atoms with E-state index in [9.17, 15) is 10.4 Å². The van der Waals surface area contributed by atoms with Crippen LogP contribution in [0.4, 0.5) is 5.69 Å². The van der Waals surface area contributed by atoms with Gasteiger partial charge in [-0.25, -0.2) is 0 Å². The van der Waals surface area contributed by atoms with Gasteiger partial charge in [-0.2, -0.15) is 14.6 Å². The number of hydrogen-bond acceptors (Lipinski definition) is 4. The first-order chi connectivity index (χ1) is 10.7. The average molecular weight is 294 g/mol. The van der Waals surface area contributed by atoms with Gasteiger partial charge in [-0.1, -0.05) is 30.3 Å². The van der Waals surface area contributed by atoms with Crippen LogP contribution in [0.1, 0.15) is 11.4 Å². The van der Waals surface area contributed by atoms with Crippen LogP contribution >= 0.6 is 0 Å². The third-order valence-electron chi connectivity index (χ3n) is 3.37. The zero-order chi connectivity index (χ0) is 15.5. The first-order valence-corrected chi connectivity index (χ1v) is 6.77. The van der Waals surface area contributed by atoms with Crippen molar-refractivity contribution in [2.45, 2.75) is 6.92 Å². The number of benzene rings is 2. The van der Waals surface area contributed by atoms with Crippen LogP contribution in [0.2, 0.25) is 0 Å². The Morgan fingerprint density at radius 3 is 2.18 bits per heavy atom. The van der Waals surface area contributed by atoms with E-state index >= 15 is 0 Å². The van der Waals surface area contributed by atoms with Crippen LogP contribution in [0.25, 0.3) is 11.0 Å². The number of aromatic nitrogens is 2. The number of nitrogens with zero attached hydrogens (tertiary/aromatic N) is 3. The van der Waals surface area contributed by atoms with Crippen molar-refractivity contribution < 1.29 is 9.46 Å². The molecule has 1 aromatic heterocycles. The molecule has 110 valence electrons. The molecule has 0 saturated heterocycles. The van der Waals surface area contributed by atoms with Crippen LogP contribution in [-0.4, -0.2) is 6.21 Å². The largest absolute Gasteiger partial charge is 0.618 e. The highest BCUT2D eigenvalue weighted by molar-refractivity contribution is 5.79. The van der Waals surface area contributed by atoms with Gasteiger partial charge in [0.1, 0.15) is 6.21 Å². The topological polar surface area (TPSA) is 78.3 Å². The predicted molar refractivity (Wildman–Crippen MR) is 84.3 cm³/mol. The first kappa shape index (κ1) is 13.8. The standard InChI is InChI=1S/C16H14N4O2/c1-12-16(11-17-18-13-7-3-2-4-8-13)20(22)15-10-6-5-9-14(15)19(12)21/h2-11,18H,1H3/b17-11+. The van der Waals surface area contributed by atoms with Crippen molar-refractivity contribution >= 4 is 22.9 Å². The second-order valence-corrected chi connectivity index (χ2v) is 4.78. The Bertz CT molecular complexity index is 848.